The van der Waals surface area contributed by atoms with Gasteiger partial charge >= 0.3 is 0 Å². The van der Waals surface area contributed by atoms with Crippen molar-refractivity contribution in [1.29, 1.82) is 0 Å². The second-order valence-corrected chi connectivity index (χ2v) is 5.48. The van der Waals surface area contributed by atoms with E-state index in [2.05, 4.69) is 24.8 Å². The maximum Gasteiger partial charge on any atom is 0.232 e. The summed E-state index contributed by atoms with van der Waals surface area (Å²) in [4.78, 5) is 30.5. The van der Waals surface area contributed by atoms with Crippen molar-refractivity contribution >= 4 is 23.8 Å². The predicted molar refractivity (Wildman–Crippen MR) is 80.2 cm³/mol. The summed E-state index contributed by atoms with van der Waals surface area (Å²) >= 11 is 0. The van der Waals surface area contributed by atoms with Crippen molar-refractivity contribution in [2.45, 2.75) is 19.8 Å². The fourth-order valence-corrected chi connectivity index (χ4v) is 2.79. The van der Waals surface area contributed by atoms with E-state index in [9.17, 15) is 4.79 Å². The third-order valence-corrected chi connectivity index (χ3v) is 4.03. The molecule has 0 radical (unpaired) electrons. The van der Waals surface area contributed by atoms with E-state index in [1.807, 2.05) is 4.90 Å². The van der Waals surface area contributed by atoms with Gasteiger partial charge < -0.3 is 20.4 Å². The first-order valence-electron chi connectivity index (χ1n) is 7.40. The van der Waals surface area contributed by atoms with E-state index in [0.717, 1.165) is 39.0 Å². The summed E-state index contributed by atoms with van der Waals surface area (Å²) in [6.45, 7) is 6.38. The number of nitrogens with two attached hydrogens (primary N) is 1. The fraction of sp³-hybridized carbons (Fsp3) is 0.692. The molecule has 0 unspecified atom stereocenters. The minimum absolute atomic E-state index is 0.113. The number of piperazine rings is 1. The largest absolute Gasteiger partial charge is 0.368 e. The van der Waals surface area contributed by atoms with Crippen molar-refractivity contribution in [3.8, 4) is 0 Å². The number of carbonyl (C=O) groups excluding carboxylic acids is 1. The Labute approximate surface area is 124 Å². The van der Waals surface area contributed by atoms with E-state index < -0.39 is 0 Å². The number of nitrogens with zero attached hydrogens (tertiary/aromatic N) is 6. The normalized spacial score (nSPS) is 19.2. The molecule has 2 fully saturated rings. The van der Waals surface area contributed by atoms with Crippen LogP contribution in [0.25, 0.3) is 0 Å². The lowest BCUT2D eigenvalue weighted by Crippen LogP contribution is -2.48. The summed E-state index contributed by atoms with van der Waals surface area (Å²) in [5.41, 5.74) is 5.83. The average Bonchev–Trinajstić information content (AvgIpc) is 3.01. The molecule has 1 aromatic heterocycles. The predicted octanol–water partition coefficient (Wildman–Crippen LogP) is -0.277. The van der Waals surface area contributed by atoms with Crippen LogP contribution in [0.3, 0.4) is 0 Å². The maximum absolute atomic E-state index is 11.4. The lowest BCUT2D eigenvalue weighted by Gasteiger charge is -2.34. The minimum atomic E-state index is 0.113. The van der Waals surface area contributed by atoms with Crippen molar-refractivity contribution in [3.05, 3.63) is 0 Å². The molecular formula is C13H21N7O. The lowest BCUT2D eigenvalue weighted by molar-refractivity contribution is -0.129. The molecule has 0 saturated carbocycles. The van der Waals surface area contributed by atoms with Gasteiger partial charge in [-0.15, -0.1) is 0 Å². The molecule has 1 aromatic rings. The minimum Gasteiger partial charge on any atom is -0.368 e. The molecule has 8 nitrogen and oxygen atoms in total. The molecule has 8 heteroatoms. The highest BCUT2D eigenvalue weighted by Crippen LogP contribution is 2.20. The Hall–Kier alpha value is -2.12. The first-order chi connectivity index (χ1) is 10.1. The van der Waals surface area contributed by atoms with Crippen LogP contribution in [0.5, 0.6) is 0 Å². The molecule has 2 aliphatic rings. The summed E-state index contributed by atoms with van der Waals surface area (Å²) in [6.07, 6.45) is 2.33. The second-order valence-electron chi connectivity index (χ2n) is 5.48. The van der Waals surface area contributed by atoms with Crippen LogP contribution >= 0.6 is 0 Å². The maximum atomic E-state index is 11.4. The molecule has 21 heavy (non-hydrogen) atoms. The Morgan fingerprint density at radius 1 is 0.905 bits per heavy atom. The molecule has 0 bridgehead atoms. The van der Waals surface area contributed by atoms with Gasteiger partial charge in [0, 0.05) is 46.2 Å². The molecule has 2 aliphatic heterocycles. The van der Waals surface area contributed by atoms with Gasteiger partial charge in [0.1, 0.15) is 0 Å². The standard InChI is InChI=1S/C13H21N7O/c1-10(21)18-6-8-20(9-7-18)13-16-11(14)15-12(17-13)19-4-2-3-5-19/h2-9H2,1H3,(H2,14,15,16,17). The van der Waals surface area contributed by atoms with E-state index in [-0.39, 0.29) is 11.9 Å². The van der Waals surface area contributed by atoms with Crippen LogP contribution in [0.4, 0.5) is 17.8 Å². The van der Waals surface area contributed by atoms with Gasteiger partial charge in [-0.25, -0.2) is 0 Å². The van der Waals surface area contributed by atoms with E-state index in [1.165, 1.54) is 0 Å². The van der Waals surface area contributed by atoms with Gasteiger partial charge in [-0.2, -0.15) is 15.0 Å². The monoisotopic (exact) mass is 291 g/mol. The highest BCUT2D eigenvalue weighted by atomic mass is 16.2. The smallest absolute Gasteiger partial charge is 0.232 e. The summed E-state index contributed by atoms with van der Waals surface area (Å²) in [5, 5.41) is 0. The zero-order valence-corrected chi connectivity index (χ0v) is 12.3. The Balaban J connectivity index is 1.74. The zero-order valence-electron chi connectivity index (χ0n) is 12.3. The Morgan fingerprint density at radius 3 is 1.95 bits per heavy atom. The van der Waals surface area contributed by atoms with Crippen LogP contribution in [0, 0.1) is 0 Å². The molecule has 0 atom stereocenters. The summed E-state index contributed by atoms with van der Waals surface area (Å²) in [6, 6.07) is 0. The van der Waals surface area contributed by atoms with Crippen molar-refractivity contribution in [2.75, 3.05) is 54.8 Å². The molecule has 0 aromatic carbocycles. The molecule has 3 heterocycles. The number of nitrogen functional groups attached to an aromatic ring is 1. The highest BCUT2D eigenvalue weighted by Gasteiger charge is 2.23. The SMILES string of the molecule is CC(=O)N1CCN(c2nc(N)nc(N3CCCC3)n2)CC1. The van der Waals surface area contributed by atoms with Gasteiger partial charge in [0.25, 0.3) is 0 Å². The van der Waals surface area contributed by atoms with Gasteiger partial charge in [0.2, 0.25) is 23.8 Å². The quantitative estimate of drug-likeness (QED) is 0.801. The Morgan fingerprint density at radius 2 is 1.43 bits per heavy atom. The molecular weight excluding hydrogens is 270 g/mol. The van der Waals surface area contributed by atoms with Crippen LogP contribution in [0.1, 0.15) is 19.8 Å². The number of rotatable bonds is 2. The second kappa shape index (κ2) is 5.71. The fourth-order valence-electron chi connectivity index (χ4n) is 2.79. The number of hydrogen-bond donors (Lipinski definition) is 1. The zero-order chi connectivity index (χ0) is 14.8. The first-order valence-corrected chi connectivity index (χ1v) is 7.40. The third kappa shape index (κ3) is 2.98. The molecule has 2 N–H and O–H groups in total. The van der Waals surface area contributed by atoms with Crippen LogP contribution in [-0.2, 0) is 4.79 Å². The molecule has 0 aliphatic carbocycles. The van der Waals surface area contributed by atoms with Crippen molar-refractivity contribution in [3.63, 3.8) is 0 Å². The summed E-state index contributed by atoms with van der Waals surface area (Å²) in [5.74, 6) is 1.66. The van der Waals surface area contributed by atoms with Gasteiger partial charge in [0.15, 0.2) is 0 Å². The third-order valence-electron chi connectivity index (χ3n) is 4.03. The number of hydrogen-bond acceptors (Lipinski definition) is 7. The molecule has 2 saturated heterocycles. The van der Waals surface area contributed by atoms with Crippen molar-refractivity contribution < 1.29 is 4.79 Å². The Bertz CT molecular complexity index is 521. The highest BCUT2D eigenvalue weighted by molar-refractivity contribution is 5.73. The van der Waals surface area contributed by atoms with E-state index >= 15 is 0 Å². The van der Waals surface area contributed by atoms with Gasteiger partial charge in [-0.3, -0.25) is 4.79 Å². The van der Waals surface area contributed by atoms with E-state index in [4.69, 9.17) is 5.73 Å². The molecule has 3 rings (SSSR count). The number of aromatic nitrogens is 3. The van der Waals surface area contributed by atoms with Crippen molar-refractivity contribution in [1.82, 2.24) is 19.9 Å². The number of anilines is 3. The lowest BCUT2D eigenvalue weighted by atomic mass is 10.3. The van der Waals surface area contributed by atoms with Gasteiger partial charge in [0.05, 0.1) is 0 Å². The molecule has 114 valence electrons. The summed E-state index contributed by atoms with van der Waals surface area (Å²) in [7, 11) is 0. The van der Waals surface area contributed by atoms with Gasteiger partial charge in [-0.05, 0) is 12.8 Å². The van der Waals surface area contributed by atoms with Gasteiger partial charge in [-0.1, -0.05) is 0 Å². The molecule has 0 spiro atoms. The Kier molecular flexibility index (Phi) is 3.76. The van der Waals surface area contributed by atoms with E-state index in [1.54, 1.807) is 6.92 Å². The first kappa shape index (κ1) is 13.8. The van der Waals surface area contributed by atoms with E-state index in [0.29, 0.717) is 25.0 Å². The van der Waals surface area contributed by atoms with Crippen LogP contribution in [0.15, 0.2) is 0 Å². The summed E-state index contributed by atoms with van der Waals surface area (Å²) < 4.78 is 0. The topological polar surface area (TPSA) is 91.5 Å². The number of carbonyl (C=O) groups is 1. The van der Waals surface area contributed by atoms with Crippen LogP contribution in [-0.4, -0.2) is 65.0 Å². The van der Waals surface area contributed by atoms with Crippen LogP contribution in [0.2, 0.25) is 0 Å². The van der Waals surface area contributed by atoms with Crippen LogP contribution < -0.4 is 15.5 Å². The average molecular weight is 291 g/mol. The van der Waals surface area contributed by atoms with Crippen molar-refractivity contribution in [2.24, 2.45) is 0 Å². The molecule has 1 amide bonds. The number of amides is 1.